The van der Waals surface area contributed by atoms with Gasteiger partial charge in [0.1, 0.15) is 0 Å². The molecular weight excluding hydrogens is 332 g/mol. The lowest BCUT2D eigenvalue weighted by molar-refractivity contribution is 0.139. The van der Waals surface area contributed by atoms with Gasteiger partial charge in [-0.3, -0.25) is 9.89 Å². The summed E-state index contributed by atoms with van der Waals surface area (Å²) in [5.41, 5.74) is 1.10. The molecule has 4 rings (SSSR count). The number of guanidine groups is 1. The maximum absolute atomic E-state index is 5.59. The van der Waals surface area contributed by atoms with Crippen molar-refractivity contribution in [3.8, 4) is 11.5 Å². The number of rotatable bonds is 4. The first kappa shape index (κ1) is 17.4. The fraction of sp³-hybridized carbons (Fsp3) is 0.632. The van der Waals surface area contributed by atoms with E-state index in [4.69, 9.17) is 14.2 Å². The predicted molar refractivity (Wildman–Crippen MR) is 99.7 cm³/mol. The second-order valence-corrected chi connectivity index (χ2v) is 7.07. The predicted octanol–water partition coefficient (Wildman–Crippen LogP) is 1.14. The summed E-state index contributed by atoms with van der Waals surface area (Å²) in [5, 5.41) is 3.47. The first-order chi connectivity index (χ1) is 12.8. The number of ether oxygens (including phenoxy) is 3. The van der Waals surface area contributed by atoms with Crippen molar-refractivity contribution in [2.45, 2.75) is 13.0 Å². The Labute approximate surface area is 154 Å². The second kappa shape index (κ2) is 8.14. The Morgan fingerprint density at radius 1 is 1.23 bits per heavy atom. The van der Waals surface area contributed by atoms with E-state index in [-0.39, 0.29) is 0 Å². The minimum absolute atomic E-state index is 0.301. The standard InChI is InChI=1S/C19H28N4O3/c1-20-19(21-11-16-3-2-4-17-18(16)26-14-25-17)23-8-6-22(7-9-23)12-15-5-10-24-13-15/h2-4,15H,5-14H2,1H3,(H,20,21). The second-order valence-electron chi connectivity index (χ2n) is 7.07. The summed E-state index contributed by atoms with van der Waals surface area (Å²) >= 11 is 0. The summed E-state index contributed by atoms with van der Waals surface area (Å²) in [6.07, 6.45) is 1.20. The molecule has 0 spiro atoms. The normalized spacial score (nSPS) is 23.5. The number of nitrogens with zero attached hydrogens (tertiary/aromatic N) is 3. The SMILES string of the molecule is CN=C(NCc1cccc2c1OCO2)N1CCN(CC2CCOC2)CC1. The van der Waals surface area contributed by atoms with E-state index in [1.165, 1.54) is 6.42 Å². The van der Waals surface area contributed by atoms with Gasteiger partial charge in [0.05, 0.1) is 6.61 Å². The van der Waals surface area contributed by atoms with Gasteiger partial charge in [-0.15, -0.1) is 0 Å². The molecule has 26 heavy (non-hydrogen) atoms. The molecule has 0 saturated carbocycles. The highest BCUT2D eigenvalue weighted by Gasteiger charge is 2.24. The quantitative estimate of drug-likeness (QED) is 0.642. The van der Waals surface area contributed by atoms with Crippen LogP contribution >= 0.6 is 0 Å². The van der Waals surface area contributed by atoms with Gasteiger partial charge >= 0.3 is 0 Å². The van der Waals surface area contributed by atoms with E-state index in [1.807, 2.05) is 19.2 Å². The van der Waals surface area contributed by atoms with Crippen LogP contribution in [0.4, 0.5) is 0 Å². The molecule has 1 atom stereocenters. The molecule has 3 aliphatic heterocycles. The maximum Gasteiger partial charge on any atom is 0.231 e. The highest BCUT2D eigenvalue weighted by Crippen LogP contribution is 2.35. The van der Waals surface area contributed by atoms with Crippen molar-refractivity contribution in [3.63, 3.8) is 0 Å². The lowest BCUT2D eigenvalue weighted by Crippen LogP contribution is -2.53. The average Bonchev–Trinajstić information content (AvgIpc) is 3.35. The molecule has 1 aromatic rings. The van der Waals surface area contributed by atoms with Crippen LogP contribution in [0.25, 0.3) is 0 Å². The molecule has 0 bridgehead atoms. The van der Waals surface area contributed by atoms with Crippen LogP contribution in [0.15, 0.2) is 23.2 Å². The lowest BCUT2D eigenvalue weighted by atomic mass is 10.1. The van der Waals surface area contributed by atoms with Crippen LogP contribution in [0.2, 0.25) is 0 Å². The van der Waals surface area contributed by atoms with Crippen molar-refractivity contribution in [1.29, 1.82) is 0 Å². The fourth-order valence-electron chi connectivity index (χ4n) is 3.87. The van der Waals surface area contributed by atoms with Gasteiger partial charge in [0.15, 0.2) is 17.5 Å². The van der Waals surface area contributed by atoms with Crippen molar-refractivity contribution in [3.05, 3.63) is 23.8 Å². The number of nitrogens with one attached hydrogen (secondary N) is 1. The van der Waals surface area contributed by atoms with E-state index in [2.05, 4.69) is 26.2 Å². The Hall–Kier alpha value is -1.99. The summed E-state index contributed by atoms with van der Waals surface area (Å²) in [6.45, 7) is 8.15. The highest BCUT2D eigenvalue weighted by molar-refractivity contribution is 5.80. The van der Waals surface area contributed by atoms with Crippen LogP contribution in [-0.4, -0.2) is 75.5 Å². The van der Waals surface area contributed by atoms with Crippen LogP contribution in [0.1, 0.15) is 12.0 Å². The van der Waals surface area contributed by atoms with Crippen molar-refractivity contribution in [2.24, 2.45) is 10.9 Å². The van der Waals surface area contributed by atoms with Crippen LogP contribution in [0.5, 0.6) is 11.5 Å². The summed E-state index contributed by atoms with van der Waals surface area (Å²) < 4.78 is 16.5. The minimum Gasteiger partial charge on any atom is -0.454 e. The number of benzene rings is 1. The van der Waals surface area contributed by atoms with Gasteiger partial charge < -0.3 is 24.4 Å². The van der Waals surface area contributed by atoms with Crippen LogP contribution in [0.3, 0.4) is 0 Å². The zero-order valence-corrected chi connectivity index (χ0v) is 15.4. The third-order valence-corrected chi connectivity index (χ3v) is 5.34. The molecule has 7 heteroatoms. The Kier molecular flexibility index (Phi) is 5.45. The molecule has 142 valence electrons. The Morgan fingerprint density at radius 3 is 2.88 bits per heavy atom. The molecule has 0 aromatic heterocycles. The van der Waals surface area contributed by atoms with Crippen LogP contribution in [-0.2, 0) is 11.3 Å². The Morgan fingerprint density at radius 2 is 2.12 bits per heavy atom. The van der Waals surface area contributed by atoms with Crippen molar-refractivity contribution in [2.75, 3.05) is 59.8 Å². The topological polar surface area (TPSA) is 58.6 Å². The summed E-state index contributed by atoms with van der Waals surface area (Å²) in [6, 6.07) is 6.00. The third-order valence-electron chi connectivity index (χ3n) is 5.34. The van der Waals surface area contributed by atoms with Crippen LogP contribution in [0, 0.1) is 5.92 Å². The highest BCUT2D eigenvalue weighted by atomic mass is 16.7. The molecule has 2 fully saturated rings. The van der Waals surface area contributed by atoms with Gasteiger partial charge in [-0.2, -0.15) is 0 Å². The third kappa shape index (κ3) is 3.88. The first-order valence-electron chi connectivity index (χ1n) is 9.46. The van der Waals surface area contributed by atoms with Gasteiger partial charge in [0.2, 0.25) is 6.79 Å². The van der Waals surface area contributed by atoms with Gasteiger partial charge in [0.25, 0.3) is 0 Å². The van der Waals surface area contributed by atoms with Gasteiger partial charge in [-0.25, -0.2) is 0 Å². The lowest BCUT2D eigenvalue weighted by Gasteiger charge is -2.37. The number of piperazine rings is 1. The smallest absolute Gasteiger partial charge is 0.231 e. The van der Waals surface area contributed by atoms with E-state index in [1.54, 1.807) is 0 Å². The monoisotopic (exact) mass is 360 g/mol. The maximum atomic E-state index is 5.59. The summed E-state index contributed by atoms with van der Waals surface area (Å²) in [5.74, 6) is 3.33. The number of para-hydroxylation sites is 1. The van der Waals surface area contributed by atoms with Gasteiger partial charge in [-0.05, 0) is 18.4 Å². The average molecular weight is 360 g/mol. The Balaban J connectivity index is 1.28. The van der Waals surface area contributed by atoms with Crippen molar-refractivity contribution in [1.82, 2.24) is 15.1 Å². The van der Waals surface area contributed by atoms with Gasteiger partial charge in [-0.1, -0.05) is 12.1 Å². The molecule has 3 heterocycles. The molecule has 0 radical (unpaired) electrons. The molecule has 2 saturated heterocycles. The van der Waals surface area contributed by atoms with E-state index in [9.17, 15) is 0 Å². The molecule has 1 aromatic carbocycles. The molecule has 1 unspecified atom stereocenters. The van der Waals surface area contributed by atoms with Crippen LogP contribution < -0.4 is 14.8 Å². The zero-order valence-electron chi connectivity index (χ0n) is 15.4. The molecule has 3 aliphatic rings. The molecule has 0 aliphatic carbocycles. The molecule has 7 nitrogen and oxygen atoms in total. The summed E-state index contributed by atoms with van der Waals surface area (Å²) in [4.78, 5) is 9.36. The first-order valence-corrected chi connectivity index (χ1v) is 9.46. The number of aliphatic imine (C=N–C) groups is 1. The van der Waals surface area contributed by atoms with E-state index in [0.29, 0.717) is 19.3 Å². The fourth-order valence-corrected chi connectivity index (χ4v) is 3.87. The summed E-state index contributed by atoms with van der Waals surface area (Å²) in [7, 11) is 1.85. The van der Waals surface area contributed by atoms with E-state index >= 15 is 0 Å². The minimum atomic E-state index is 0.301. The Bertz CT molecular complexity index is 638. The zero-order chi connectivity index (χ0) is 17.8. The number of hydrogen-bond donors (Lipinski definition) is 1. The largest absolute Gasteiger partial charge is 0.454 e. The number of hydrogen-bond acceptors (Lipinski definition) is 5. The number of fused-ring (bicyclic) bond motifs is 1. The van der Waals surface area contributed by atoms with Crippen molar-refractivity contribution < 1.29 is 14.2 Å². The van der Waals surface area contributed by atoms with E-state index < -0.39 is 0 Å². The van der Waals surface area contributed by atoms with E-state index in [0.717, 1.165) is 69.0 Å². The molecule has 1 N–H and O–H groups in total. The van der Waals surface area contributed by atoms with Gasteiger partial charge in [0, 0.05) is 58.5 Å². The molecular formula is C19H28N4O3. The molecule has 0 amide bonds. The van der Waals surface area contributed by atoms with Crippen molar-refractivity contribution >= 4 is 5.96 Å².